The molecule has 0 unspecified atom stereocenters. The van der Waals surface area contributed by atoms with E-state index in [4.69, 9.17) is 0 Å². The van der Waals surface area contributed by atoms with Crippen molar-refractivity contribution >= 4 is 35.5 Å². The number of nitrogens with one attached hydrogen (secondary N) is 4. The van der Waals surface area contributed by atoms with Crippen LogP contribution in [0.4, 0.5) is 0 Å². The predicted molar refractivity (Wildman–Crippen MR) is 167 cm³/mol. The molecule has 18 heteroatoms. The SMILES string of the molecule is C[C@@H](O)[C@H](NC(=O)[C@@H]1C[C@@H](O)CN1C(=O)[C@@H]1C[C@@H](O)CN1C(=O)[C@H](Cc1ccc(O)cc1)NC(=O)[C@H](CO)NC(=O)[C@@H]1CCCN1)C(=O)O. The van der Waals surface area contributed by atoms with E-state index in [1.165, 1.54) is 24.3 Å². The maximum absolute atomic E-state index is 14.1. The summed E-state index contributed by atoms with van der Waals surface area (Å²) in [6, 6.07) is -2.01. The van der Waals surface area contributed by atoms with Gasteiger partial charge < -0.3 is 61.7 Å². The van der Waals surface area contributed by atoms with Crippen molar-refractivity contribution in [2.75, 3.05) is 26.2 Å². The normalized spacial score (nSPS) is 26.0. The van der Waals surface area contributed by atoms with Crippen LogP contribution in [-0.4, -0.2) is 157 Å². The summed E-state index contributed by atoms with van der Waals surface area (Å²) in [5, 5.41) is 70.0. The molecule has 5 amide bonds. The number of benzene rings is 1. The number of hydrogen-bond donors (Lipinski definition) is 10. The highest BCUT2D eigenvalue weighted by atomic mass is 16.4. The molecule has 3 saturated heterocycles. The third-order valence-electron chi connectivity index (χ3n) is 8.94. The van der Waals surface area contributed by atoms with E-state index >= 15 is 0 Å². The number of phenols is 1. The van der Waals surface area contributed by atoms with Crippen molar-refractivity contribution in [2.45, 2.75) is 93.6 Å². The molecule has 10 N–H and O–H groups in total. The minimum absolute atomic E-state index is 0.0536. The number of carboxylic acid groups (broad SMARTS) is 1. The van der Waals surface area contributed by atoms with E-state index in [1.807, 2.05) is 0 Å². The van der Waals surface area contributed by atoms with Crippen LogP contribution in [0.5, 0.6) is 5.75 Å². The first-order valence-electron chi connectivity index (χ1n) is 16.1. The van der Waals surface area contributed by atoms with Crippen molar-refractivity contribution in [1.82, 2.24) is 31.1 Å². The van der Waals surface area contributed by atoms with Gasteiger partial charge in [-0.1, -0.05) is 12.1 Å². The predicted octanol–water partition coefficient (Wildman–Crippen LogP) is -4.48. The van der Waals surface area contributed by atoms with E-state index in [0.717, 1.165) is 23.1 Å². The number of amides is 5. The van der Waals surface area contributed by atoms with Crippen LogP contribution in [-0.2, 0) is 35.2 Å². The van der Waals surface area contributed by atoms with Gasteiger partial charge in [-0.05, 0) is 44.0 Å². The fourth-order valence-electron chi connectivity index (χ4n) is 6.34. The molecule has 0 bridgehead atoms. The van der Waals surface area contributed by atoms with Crippen molar-refractivity contribution in [3.05, 3.63) is 29.8 Å². The van der Waals surface area contributed by atoms with Crippen molar-refractivity contribution in [3.8, 4) is 5.75 Å². The minimum atomic E-state index is -1.69. The van der Waals surface area contributed by atoms with Crippen molar-refractivity contribution in [1.29, 1.82) is 0 Å². The lowest BCUT2D eigenvalue weighted by Crippen LogP contribution is -2.60. The molecule has 1 aromatic carbocycles. The summed E-state index contributed by atoms with van der Waals surface area (Å²) < 4.78 is 0. The summed E-state index contributed by atoms with van der Waals surface area (Å²) in [4.78, 5) is 80.7. The van der Waals surface area contributed by atoms with E-state index in [-0.39, 0.29) is 38.1 Å². The molecule has 3 aliphatic heterocycles. The zero-order valence-corrected chi connectivity index (χ0v) is 26.9. The standard InChI is InChI=1S/C31H44N6O12/c1-15(39)25(31(48)49)35-28(45)23-10-18(41)12-36(23)30(47)24-11-19(42)13-37(24)29(46)21(9-16-4-6-17(40)7-5-16)33-27(44)22(14-38)34-26(43)20-3-2-8-32-20/h4-7,15,18-25,32,38-42H,2-3,8-14H2,1H3,(H,33,44)(H,34,43)(H,35,45)(H,48,49)/t15-,18-,19-,20+,21+,22+,23+,24+,25+/m1/s1. The van der Waals surface area contributed by atoms with Gasteiger partial charge in [0.05, 0.1) is 31.0 Å². The molecular weight excluding hydrogens is 648 g/mol. The van der Waals surface area contributed by atoms with Gasteiger partial charge in [0.1, 0.15) is 29.9 Å². The van der Waals surface area contributed by atoms with Crippen LogP contribution in [0.15, 0.2) is 24.3 Å². The minimum Gasteiger partial charge on any atom is -0.508 e. The Morgan fingerprint density at radius 2 is 1.53 bits per heavy atom. The van der Waals surface area contributed by atoms with Crippen molar-refractivity contribution in [2.24, 2.45) is 0 Å². The molecule has 1 aromatic rings. The Morgan fingerprint density at radius 3 is 2.10 bits per heavy atom. The largest absolute Gasteiger partial charge is 0.508 e. The van der Waals surface area contributed by atoms with Crippen molar-refractivity contribution in [3.63, 3.8) is 0 Å². The zero-order chi connectivity index (χ0) is 36.0. The Morgan fingerprint density at radius 1 is 0.898 bits per heavy atom. The topological polar surface area (TPSA) is 278 Å². The van der Waals surface area contributed by atoms with Gasteiger partial charge >= 0.3 is 5.97 Å². The molecule has 0 aromatic heterocycles. The molecule has 49 heavy (non-hydrogen) atoms. The Balaban J connectivity index is 1.56. The number of nitrogens with zero attached hydrogens (tertiary/aromatic N) is 2. The maximum Gasteiger partial charge on any atom is 0.328 e. The molecule has 0 spiro atoms. The number of aliphatic carboxylic acids is 1. The van der Waals surface area contributed by atoms with Crippen LogP contribution in [0.25, 0.3) is 0 Å². The highest BCUT2D eigenvalue weighted by Gasteiger charge is 2.48. The molecule has 270 valence electrons. The number of aliphatic hydroxyl groups excluding tert-OH is 4. The van der Waals surface area contributed by atoms with Gasteiger partial charge in [-0.25, -0.2) is 4.79 Å². The Hall–Kier alpha value is -4.36. The summed E-state index contributed by atoms with van der Waals surface area (Å²) in [6.45, 7) is 0.324. The number of carboxylic acids is 1. The number of aromatic hydroxyl groups is 1. The molecule has 18 nitrogen and oxygen atoms in total. The highest BCUT2D eigenvalue weighted by Crippen LogP contribution is 2.27. The van der Waals surface area contributed by atoms with E-state index < -0.39 is 96.7 Å². The molecule has 3 heterocycles. The van der Waals surface area contributed by atoms with Crippen LogP contribution in [0, 0.1) is 0 Å². The van der Waals surface area contributed by atoms with Gasteiger partial charge in [0.25, 0.3) is 0 Å². The number of aliphatic hydroxyl groups is 4. The van der Waals surface area contributed by atoms with Crippen LogP contribution in [0.1, 0.15) is 38.2 Å². The van der Waals surface area contributed by atoms with E-state index in [1.54, 1.807) is 0 Å². The van der Waals surface area contributed by atoms with Gasteiger partial charge in [0, 0.05) is 32.4 Å². The number of likely N-dealkylation sites (tertiary alicyclic amines) is 2. The smallest absolute Gasteiger partial charge is 0.328 e. The number of phenolic OH excluding ortho intramolecular Hbond substituents is 1. The second-order valence-electron chi connectivity index (χ2n) is 12.7. The molecule has 0 aliphatic carbocycles. The van der Waals surface area contributed by atoms with E-state index in [2.05, 4.69) is 21.3 Å². The summed E-state index contributed by atoms with van der Waals surface area (Å²) in [5.74, 6) is -5.54. The lowest BCUT2D eigenvalue weighted by atomic mass is 10.0. The lowest BCUT2D eigenvalue weighted by molar-refractivity contribution is -0.149. The summed E-state index contributed by atoms with van der Waals surface area (Å²) >= 11 is 0. The summed E-state index contributed by atoms with van der Waals surface area (Å²) in [7, 11) is 0. The lowest BCUT2D eigenvalue weighted by Gasteiger charge is -2.33. The number of rotatable bonds is 13. The summed E-state index contributed by atoms with van der Waals surface area (Å²) in [6.07, 6.45) is -3.19. The third kappa shape index (κ3) is 9.21. The van der Waals surface area contributed by atoms with Gasteiger partial charge in [-0.3, -0.25) is 24.0 Å². The highest BCUT2D eigenvalue weighted by molar-refractivity contribution is 5.97. The van der Waals surface area contributed by atoms with Crippen molar-refractivity contribution < 1.29 is 59.4 Å². The molecule has 3 aliphatic rings. The number of carbonyl (C=O) groups excluding carboxylic acids is 5. The fourth-order valence-corrected chi connectivity index (χ4v) is 6.34. The first-order valence-corrected chi connectivity index (χ1v) is 16.1. The van der Waals surface area contributed by atoms with E-state index in [9.17, 15) is 59.4 Å². The zero-order valence-electron chi connectivity index (χ0n) is 26.9. The summed E-state index contributed by atoms with van der Waals surface area (Å²) in [5.41, 5.74) is 0.490. The Kier molecular flexibility index (Phi) is 12.5. The van der Waals surface area contributed by atoms with Crippen LogP contribution in [0.2, 0.25) is 0 Å². The Labute approximate surface area is 281 Å². The fraction of sp³-hybridized carbons (Fsp3) is 0.613. The second kappa shape index (κ2) is 16.4. The van der Waals surface area contributed by atoms with Crippen LogP contribution < -0.4 is 21.3 Å². The molecule has 3 fully saturated rings. The van der Waals surface area contributed by atoms with Crippen LogP contribution >= 0.6 is 0 Å². The molecule has 0 radical (unpaired) electrons. The molecule has 4 rings (SSSR count). The second-order valence-corrected chi connectivity index (χ2v) is 12.7. The molecular formula is C31H44N6O12. The monoisotopic (exact) mass is 692 g/mol. The Bertz CT molecular complexity index is 1390. The quantitative estimate of drug-likeness (QED) is 0.0935. The average molecular weight is 693 g/mol. The molecule has 9 atom stereocenters. The van der Waals surface area contributed by atoms with Gasteiger partial charge in [0.15, 0.2) is 6.04 Å². The first kappa shape index (κ1) is 37.5. The average Bonchev–Trinajstić information content (AvgIpc) is 3.82. The van der Waals surface area contributed by atoms with Gasteiger partial charge in [-0.15, -0.1) is 0 Å². The first-order chi connectivity index (χ1) is 23.2. The number of hydrogen-bond acceptors (Lipinski definition) is 12. The third-order valence-corrected chi connectivity index (χ3v) is 8.94. The maximum atomic E-state index is 14.1. The van der Waals surface area contributed by atoms with E-state index in [0.29, 0.717) is 18.5 Å². The van der Waals surface area contributed by atoms with Crippen LogP contribution in [0.3, 0.4) is 0 Å². The van der Waals surface area contributed by atoms with Gasteiger partial charge in [-0.2, -0.15) is 0 Å². The number of β-amino-alcohol motifs (C(OH)–C–C–N with tert-alkyl or cyclic N) is 2. The molecule has 0 saturated carbocycles. The van der Waals surface area contributed by atoms with Gasteiger partial charge in [0.2, 0.25) is 29.5 Å². The number of carbonyl (C=O) groups is 6.